The van der Waals surface area contributed by atoms with Crippen LogP contribution in [0.4, 0.5) is 0 Å². The first-order valence-electron chi connectivity index (χ1n) is 4.54. The van der Waals surface area contributed by atoms with Crippen LogP contribution in [-0.4, -0.2) is 11.0 Å². The Balaban J connectivity index is 2.25. The molecule has 1 aromatic carbocycles. The molecule has 1 fully saturated rings. The third-order valence-corrected chi connectivity index (χ3v) is 3.50. The van der Waals surface area contributed by atoms with E-state index in [1.54, 1.807) is 6.92 Å². The summed E-state index contributed by atoms with van der Waals surface area (Å²) in [6, 6.07) is 7.87. The van der Waals surface area contributed by atoms with Crippen molar-refractivity contribution in [1.29, 1.82) is 0 Å². The SMILES string of the molecule is CC(=O)c1ccccc1SC1CC1. The van der Waals surface area contributed by atoms with Crippen molar-refractivity contribution in [3.63, 3.8) is 0 Å². The molecule has 0 N–H and O–H groups in total. The summed E-state index contributed by atoms with van der Waals surface area (Å²) in [6.45, 7) is 1.63. The van der Waals surface area contributed by atoms with Crippen LogP contribution in [0.25, 0.3) is 0 Å². The van der Waals surface area contributed by atoms with Gasteiger partial charge in [-0.1, -0.05) is 18.2 Å². The van der Waals surface area contributed by atoms with E-state index in [9.17, 15) is 4.79 Å². The van der Waals surface area contributed by atoms with E-state index in [0.29, 0.717) is 0 Å². The van der Waals surface area contributed by atoms with E-state index in [-0.39, 0.29) is 5.78 Å². The molecule has 0 amide bonds. The van der Waals surface area contributed by atoms with Crippen LogP contribution in [0.2, 0.25) is 0 Å². The molecule has 0 bridgehead atoms. The second-order valence-corrected chi connectivity index (χ2v) is 4.71. The molecule has 2 heteroatoms. The van der Waals surface area contributed by atoms with Crippen molar-refractivity contribution in [1.82, 2.24) is 0 Å². The maximum atomic E-state index is 11.3. The topological polar surface area (TPSA) is 17.1 Å². The summed E-state index contributed by atoms with van der Waals surface area (Å²) < 4.78 is 0. The van der Waals surface area contributed by atoms with Crippen molar-refractivity contribution < 1.29 is 4.79 Å². The second kappa shape index (κ2) is 3.54. The van der Waals surface area contributed by atoms with Crippen LogP contribution in [0.1, 0.15) is 30.1 Å². The molecule has 1 saturated carbocycles. The first-order chi connectivity index (χ1) is 6.27. The smallest absolute Gasteiger partial charge is 0.160 e. The first-order valence-corrected chi connectivity index (χ1v) is 5.42. The van der Waals surface area contributed by atoms with Crippen LogP contribution in [0.5, 0.6) is 0 Å². The van der Waals surface area contributed by atoms with Crippen molar-refractivity contribution in [2.45, 2.75) is 29.9 Å². The average molecular weight is 192 g/mol. The van der Waals surface area contributed by atoms with Crippen molar-refractivity contribution in [3.8, 4) is 0 Å². The molecule has 0 unspecified atom stereocenters. The van der Waals surface area contributed by atoms with E-state index in [1.807, 2.05) is 36.0 Å². The standard InChI is InChI=1S/C11H12OS/c1-8(12)10-4-2-3-5-11(10)13-9-6-7-9/h2-5,9H,6-7H2,1H3. The summed E-state index contributed by atoms with van der Waals surface area (Å²) in [6.07, 6.45) is 2.60. The van der Waals surface area contributed by atoms with Gasteiger partial charge in [0.25, 0.3) is 0 Å². The normalized spacial score (nSPS) is 15.8. The Morgan fingerprint density at radius 1 is 1.38 bits per heavy atom. The Morgan fingerprint density at radius 3 is 2.69 bits per heavy atom. The lowest BCUT2D eigenvalue weighted by molar-refractivity contribution is 0.101. The zero-order valence-electron chi connectivity index (χ0n) is 7.62. The molecule has 0 radical (unpaired) electrons. The summed E-state index contributed by atoms with van der Waals surface area (Å²) in [5.74, 6) is 0.170. The van der Waals surface area contributed by atoms with Crippen LogP contribution in [0, 0.1) is 0 Å². The van der Waals surface area contributed by atoms with Gasteiger partial charge < -0.3 is 0 Å². The number of hydrogen-bond donors (Lipinski definition) is 0. The maximum absolute atomic E-state index is 11.3. The maximum Gasteiger partial charge on any atom is 0.160 e. The van der Waals surface area contributed by atoms with Gasteiger partial charge in [0, 0.05) is 15.7 Å². The van der Waals surface area contributed by atoms with Gasteiger partial charge in [-0.05, 0) is 25.8 Å². The highest BCUT2D eigenvalue weighted by molar-refractivity contribution is 8.00. The molecule has 1 aliphatic carbocycles. The van der Waals surface area contributed by atoms with Crippen LogP contribution < -0.4 is 0 Å². The van der Waals surface area contributed by atoms with Crippen molar-refractivity contribution in [2.75, 3.05) is 0 Å². The van der Waals surface area contributed by atoms with E-state index in [4.69, 9.17) is 0 Å². The summed E-state index contributed by atoms with van der Waals surface area (Å²) in [5.41, 5.74) is 0.874. The number of carbonyl (C=O) groups excluding carboxylic acids is 1. The molecule has 0 atom stereocenters. The first kappa shape index (κ1) is 8.82. The summed E-state index contributed by atoms with van der Waals surface area (Å²) in [5, 5.41) is 0.764. The molecular weight excluding hydrogens is 180 g/mol. The van der Waals surface area contributed by atoms with Crippen molar-refractivity contribution in [3.05, 3.63) is 29.8 Å². The molecule has 68 valence electrons. The highest BCUT2D eigenvalue weighted by atomic mass is 32.2. The van der Waals surface area contributed by atoms with Gasteiger partial charge in [0.1, 0.15) is 0 Å². The summed E-state index contributed by atoms with van der Waals surface area (Å²) in [4.78, 5) is 12.4. The number of thioether (sulfide) groups is 1. The quantitative estimate of drug-likeness (QED) is 0.684. The van der Waals surface area contributed by atoms with E-state index < -0.39 is 0 Å². The molecule has 0 heterocycles. The number of hydrogen-bond acceptors (Lipinski definition) is 2. The Bertz CT molecular complexity index is 329. The summed E-state index contributed by atoms with van der Waals surface area (Å²) in [7, 11) is 0. The van der Waals surface area contributed by atoms with Gasteiger partial charge in [-0.15, -0.1) is 11.8 Å². The van der Waals surface area contributed by atoms with Crippen molar-refractivity contribution in [2.24, 2.45) is 0 Å². The monoisotopic (exact) mass is 192 g/mol. The highest BCUT2D eigenvalue weighted by Gasteiger charge is 2.23. The van der Waals surface area contributed by atoms with E-state index >= 15 is 0 Å². The Hall–Kier alpha value is -0.760. The number of Topliss-reactive ketones (excluding diaryl/α,β-unsaturated/α-hetero) is 1. The molecule has 0 aliphatic heterocycles. The molecule has 0 saturated heterocycles. The Kier molecular flexibility index (Phi) is 2.40. The molecule has 0 spiro atoms. The van der Waals surface area contributed by atoms with Gasteiger partial charge in [0.15, 0.2) is 5.78 Å². The lowest BCUT2D eigenvalue weighted by Crippen LogP contribution is -1.94. The average Bonchev–Trinajstić information content (AvgIpc) is 2.89. The van der Waals surface area contributed by atoms with Crippen LogP contribution >= 0.6 is 11.8 Å². The predicted octanol–water partition coefficient (Wildman–Crippen LogP) is 3.14. The van der Waals surface area contributed by atoms with Gasteiger partial charge in [0.05, 0.1) is 0 Å². The fraction of sp³-hybridized carbons (Fsp3) is 0.364. The molecule has 0 aromatic heterocycles. The third-order valence-electron chi connectivity index (χ3n) is 2.08. The van der Waals surface area contributed by atoms with Crippen LogP contribution in [-0.2, 0) is 0 Å². The zero-order chi connectivity index (χ0) is 9.26. The van der Waals surface area contributed by atoms with Gasteiger partial charge >= 0.3 is 0 Å². The number of rotatable bonds is 3. The van der Waals surface area contributed by atoms with Crippen LogP contribution in [0.15, 0.2) is 29.2 Å². The number of benzene rings is 1. The van der Waals surface area contributed by atoms with E-state index in [2.05, 4.69) is 0 Å². The van der Waals surface area contributed by atoms with E-state index in [1.165, 1.54) is 12.8 Å². The molecule has 2 rings (SSSR count). The second-order valence-electron chi connectivity index (χ2n) is 3.37. The molecule has 1 nitrogen and oxygen atoms in total. The fourth-order valence-corrected chi connectivity index (χ4v) is 2.45. The highest BCUT2D eigenvalue weighted by Crippen LogP contribution is 2.40. The van der Waals surface area contributed by atoms with Crippen molar-refractivity contribution >= 4 is 17.5 Å². The molecule has 1 aliphatic rings. The predicted molar refractivity (Wildman–Crippen MR) is 55.3 cm³/mol. The van der Waals surface area contributed by atoms with Gasteiger partial charge in [-0.3, -0.25) is 4.79 Å². The minimum atomic E-state index is 0.170. The lowest BCUT2D eigenvalue weighted by atomic mass is 10.1. The van der Waals surface area contributed by atoms with E-state index in [0.717, 1.165) is 15.7 Å². The summed E-state index contributed by atoms with van der Waals surface area (Å²) >= 11 is 1.84. The molecule has 13 heavy (non-hydrogen) atoms. The molecule has 1 aromatic rings. The van der Waals surface area contributed by atoms with Gasteiger partial charge in [0.2, 0.25) is 0 Å². The Morgan fingerprint density at radius 2 is 2.08 bits per heavy atom. The third kappa shape index (κ3) is 2.13. The van der Waals surface area contributed by atoms with Gasteiger partial charge in [-0.25, -0.2) is 0 Å². The van der Waals surface area contributed by atoms with Crippen LogP contribution in [0.3, 0.4) is 0 Å². The lowest BCUT2D eigenvalue weighted by Gasteiger charge is -2.04. The number of ketones is 1. The Labute approximate surface area is 82.5 Å². The zero-order valence-corrected chi connectivity index (χ0v) is 8.43. The minimum absolute atomic E-state index is 0.170. The molecular formula is C11H12OS. The van der Waals surface area contributed by atoms with Gasteiger partial charge in [-0.2, -0.15) is 0 Å². The fourth-order valence-electron chi connectivity index (χ4n) is 1.23. The largest absolute Gasteiger partial charge is 0.294 e. The number of carbonyl (C=O) groups is 1. The minimum Gasteiger partial charge on any atom is -0.294 e.